The van der Waals surface area contributed by atoms with Crippen LogP contribution < -0.4 is 10.9 Å². The van der Waals surface area contributed by atoms with E-state index in [4.69, 9.17) is 0 Å². The lowest BCUT2D eigenvalue weighted by atomic mass is 10.1. The molecule has 2 N–H and O–H groups in total. The van der Waals surface area contributed by atoms with E-state index in [1.165, 1.54) is 6.07 Å². The first-order valence-electron chi connectivity index (χ1n) is 6.86. The van der Waals surface area contributed by atoms with Gasteiger partial charge in [-0.25, -0.2) is 4.98 Å². The Morgan fingerprint density at radius 2 is 2.24 bits per heavy atom. The van der Waals surface area contributed by atoms with Gasteiger partial charge in [-0.05, 0) is 25.0 Å². The molecule has 0 aliphatic rings. The van der Waals surface area contributed by atoms with Crippen LogP contribution >= 0.6 is 0 Å². The second-order valence-corrected chi connectivity index (χ2v) is 4.79. The fraction of sp³-hybridized carbons (Fsp3) is 0.333. The zero-order valence-electron chi connectivity index (χ0n) is 11.9. The van der Waals surface area contributed by atoms with Gasteiger partial charge in [0.05, 0.1) is 0 Å². The Labute approximate surface area is 122 Å². The smallest absolute Gasteiger partial charge is 0.251 e. The van der Waals surface area contributed by atoms with Crippen LogP contribution in [-0.4, -0.2) is 27.4 Å². The van der Waals surface area contributed by atoms with Crippen LogP contribution in [0.1, 0.15) is 23.5 Å². The van der Waals surface area contributed by atoms with E-state index in [9.17, 15) is 9.59 Å². The molecule has 2 aromatic rings. The van der Waals surface area contributed by atoms with Crippen molar-refractivity contribution in [3.8, 4) is 0 Å². The van der Waals surface area contributed by atoms with Crippen molar-refractivity contribution in [2.75, 3.05) is 6.54 Å². The van der Waals surface area contributed by atoms with Gasteiger partial charge in [-0.2, -0.15) is 0 Å². The Balaban J connectivity index is 1.73. The predicted molar refractivity (Wildman–Crippen MR) is 78.9 cm³/mol. The molecule has 0 bridgehead atoms. The van der Waals surface area contributed by atoms with E-state index in [-0.39, 0.29) is 11.5 Å². The first kappa shape index (κ1) is 14.9. The fourth-order valence-electron chi connectivity index (χ4n) is 1.97. The number of aryl methyl sites for hydroxylation is 2. The lowest BCUT2D eigenvalue weighted by molar-refractivity contribution is -0.121. The number of H-pyrrole nitrogens is 1. The third-order valence-electron chi connectivity index (χ3n) is 2.97. The second kappa shape index (κ2) is 7.33. The number of hydrogen-bond donors (Lipinski definition) is 2. The minimum atomic E-state index is -0.166. The van der Waals surface area contributed by atoms with Gasteiger partial charge in [0.2, 0.25) is 5.91 Å². The molecule has 2 heterocycles. The highest BCUT2D eigenvalue weighted by Crippen LogP contribution is 2.00. The van der Waals surface area contributed by atoms with Crippen molar-refractivity contribution in [2.24, 2.45) is 0 Å². The molecule has 21 heavy (non-hydrogen) atoms. The average molecular weight is 286 g/mol. The number of nitrogens with zero attached hydrogens (tertiary/aromatic N) is 2. The maximum atomic E-state index is 11.7. The maximum absolute atomic E-state index is 11.7. The molecule has 0 aliphatic carbocycles. The zero-order chi connectivity index (χ0) is 15.1. The van der Waals surface area contributed by atoms with Gasteiger partial charge in [0.1, 0.15) is 5.82 Å². The Morgan fingerprint density at radius 3 is 2.95 bits per heavy atom. The van der Waals surface area contributed by atoms with Gasteiger partial charge in [-0.3, -0.25) is 14.6 Å². The van der Waals surface area contributed by atoms with Crippen LogP contribution in [0.3, 0.4) is 0 Å². The molecular formula is C15H18N4O2. The Kier molecular flexibility index (Phi) is 5.20. The van der Waals surface area contributed by atoms with Gasteiger partial charge in [0, 0.05) is 43.5 Å². The number of carbonyl (C=O) groups excluding carboxylic acids is 1. The zero-order valence-corrected chi connectivity index (χ0v) is 11.9. The van der Waals surface area contributed by atoms with Gasteiger partial charge in [-0.1, -0.05) is 6.07 Å². The maximum Gasteiger partial charge on any atom is 0.251 e. The normalized spacial score (nSPS) is 10.3. The predicted octanol–water partition coefficient (Wildman–Crippen LogP) is 0.765. The molecule has 0 fully saturated rings. The molecule has 0 atom stereocenters. The molecule has 2 rings (SSSR count). The van der Waals surface area contributed by atoms with Gasteiger partial charge in [-0.15, -0.1) is 0 Å². The summed E-state index contributed by atoms with van der Waals surface area (Å²) in [6.07, 6.45) is 5.06. The summed E-state index contributed by atoms with van der Waals surface area (Å²) in [4.78, 5) is 33.9. The standard InChI is InChI=1S/C15H18N4O2/c1-11-9-15(21)19-13(18-11)6-8-17-14(20)5-4-12-3-2-7-16-10-12/h2-3,7,9-10H,4-6,8H2,1H3,(H,17,20)(H,18,19,21). The lowest BCUT2D eigenvalue weighted by Gasteiger charge is -2.05. The lowest BCUT2D eigenvalue weighted by Crippen LogP contribution is -2.27. The van der Waals surface area contributed by atoms with Gasteiger partial charge in [0.25, 0.3) is 5.56 Å². The summed E-state index contributed by atoms with van der Waals surface area (Å²) in [5, 5.41) is 2.82. The topological polar surface area (TPSA) is 87.7 Å². The summed E-state index contributed by atoms with van der Waals surface area (Å²) < 4.78 is 0. The van der Waals surface area contributed by atoms with E-state index in [2.05, 4.69) is 20.3 Å². The number of aromatic nitrogens is 3. The Hall–Kier alpha value is -2.50. The number of amides is 1. The van der Waals surface area contributed by atoms with Gasteiger partial charge < -0.3 is 10.3 Å². The van der Waals surface area contributed by atoms with E-state index in [1.807, 2.05) is 12.1 Å². The first-order valence-corrected chi connectivity index (χ1v) is 6.86. The summed E-state index contributed by atoms with van der Waals surface area (Å²) in [6, 6.07) is 5.24. The fourth-order valence-corrected chi connectivity index (χ4v) is 1.97. The molecule has 1 amide bonds. The third kappa shape index (κ3) is 5.18. The van der Waals surface area contributed by atoms with Gasteiger partial charge in [0.15, 0.2) is 0 Å². The molecule has 0 radical (unpaired) electrons. The van der Waals surface area contributed by atoms with Crippen molar-refractivity contribution in [3.05, 3.63) is 58.0 Å². The molecular weight excluding hydrogens is 268 g/mol. The molecule has 6 heteroatoms. The van der Waals surface area contributed by atoms with Crippen molar-refractivity contribution in [2.45, 2.75) is 26.2 Å². The summed E-state index contributed by atoms with van der Waals surface area (Å²) in [5.41, 5.74) is 1.55. The van der Waals surface area contributed by atoms with E-state index in [1.54, 1.807) is 19.3 Å². The first-order chi connectivity index (χ1) is 10.1. The highest BCUT2D eigenvalue weighted by atomic mass is 16.1. The van der Waals surface area contributed by atoms with Crippen LogP contribution in [0.25, 0.3) is 0 Å². The number of rotatable bonds is 6. The van der Waals surface area contributed by atoms with Crippen molar-refractivity contribution in [1.82, 2.24) is 20.3 Å². The summed E-state index contributed by atoms with van der Waals surface area (Å²) in [7, 11) is 0. The Morgan fingerprint density at radius 1 is 1.38 bits per heavy atom. The molecule has 0 unspecified atom stereocenters. The van der Waals surface area contributed by atoms with E-state index >= 15 is 0 Å². The van der Waals surface area contributed by atoms with Crippen molar-refractivity contribution in [3.63, 3.8) is 0 Å². The third-order valence-corrected chi connectivity index (χ3v) is 2.97. The highest BCUT2D eigenvalue weighted by Gasteiger charge is 2.03. The molecule has 0 aliphatic heterocycles. The molecule has 0 spiro atoms. The number of aromatic amines is 1. The minimum Gasteiger partial charge on any atom is -0.356 e. The van der Waals surface area contributed by atoms with Crippen molar-refractivity contribution in [1.29, 1.82) is 0 Å². The summed E-state index contributed by atoms with van der Waals surface area (Å²) in [5.74, 6) is 0.571. The van der Waals surface area contributed by atoms with Crippen LogP contribution in [-0.2, 0) is 17.6 Å². The number of carbonyl (C=O) groups is 1. The van der Waals surface area contributed by atoms with Crippen LogP contribution in [0.15, 0.2) is 35.4 Å². The Bertz CT molecular complexity index is 652. The SMILES string of the molecule is Cc1cc(=O)[nH]c(CCNC(=O)CCc2cccnc2)n1. The molecule has 110 valence electrons. The quantitative estimate of drug-likeness (QED) is 0.821. The van der Waals surface area contributed by atoms with Gasteiger partial charge >= 0.3 is 0 Å². The number of hydrogen-bond acceptors (Lipinski definition) is 4. The minimum absolute atomic E-state index is 0.0196. The molecule has 0 aromatic carbocycles. The monoisotopic (exact) mass is 286 g/mol. The number of nitrogens with one attached hydrogen (secondary N) is 2. The van der Waals surface area contributed by atoms with E-state index in [0.29, 0.717) is 37.3 Å². The van der Waals surface area contributed by atoms with E-state index in [0.717, 1.165) is 5.56 Å². The summed E-state index contributed by atoms with van der Waals surface area (Å²) >= 11 is 0. The van der Waals surface area contributed by atoms with Crippen LogP contribution in [0.5, 0.6) is 0 Å². The van der Waals surface area contributed by atoms with Crippen LogP contribution in [0.4, 0.5) is 0 Å². The van der Waals surface area contributed by atoms with Crippen molar-refractivity contribution < 1.29 is 4.79 Å². The largest absolute Gasteiger partial charge is 0.356 e. The highest BCUT2D eigenvalue weighted by molar-refractivity contribution is 5.76. The van der Waals surface area contributed by atoms with Crippen LogP contribution in [0, 0.1) is 6.92 Å². The molecule has 2 aromatic heterocycles. The van der Waals surface area contributed by atoms with Crippen molar-refractivity contribution >= 4 is 5.91 Å². The average Bonchev–Trinajstić information content (AvgIpc) is 2.45. The molecule has 0 saturated heterocycles. The second-order valence-electron chi connectivity index (χ2n) is 4.79. The van der Waals surface area contributed by atoms with Crippen LogP contribution in [0.2, 0.25) is 0 Å². The molecule has 6 nitrogen and oxygen atoms in total. The molecule has 0 saturated carbocycles. The van der Waals surface area contributed by atoms with E-state index < -0.39 is 0 Å². The number of pyridine rings is 1. The summed E-state index contributed by atoms with van der Waals surface area (Å²) in [6.45, 7) is 2.23.